The fourth-order valence-electron chi connectivity index (χ4n) is 4.71. The van der Waals surface area contributed by atoms with Crippen LogP contribution in [0.4, 0.5) is 5.69 Å². The molecule has 140 valence electrons. The van der Waals surface area contributed by atoms with Gasteiger partial charge in [0.25, 0.3) is 0 Å². The summed E-state index contributed by atoms with van der Waals surface area (Å²) in [5, 5.41) is 0. The number of carbonyl (C=O) groups excluding carboxylic acids is 3. The van der Waals surface area contributed by atoms with Crippen molar-refractivity contribution >= 4 is 23.5 Å². The number of anilines is 1. The van der Waals surface area contributed by atoms with Crippen molar-refractivity contribution in [1.29, 1.82) is 0 Å². The molecule has 1 heterocycles. The zero-order valence-corrected chi connectivity index (χ0v) is 15.2. The van der Waals surface area contributed by atoms with Crippen LogP contribution in [0.25, 0.3) is 0 Å². The summed E-state index contributed by atoms with van der Waals surface area (Å²) >= 11 is 0. The lowest BCUT2D eigenvalue weighted by Gasteiger charge is -2.17. The number of nitrogens with zero attached hydrogens (tertiary/aromatic N) is 1. The molecule has 3 aliphatic rings. The molecule has 5 nitrogen and oxygen atoms in total. The molecular weight excluding hydrogens is 354 g/mol. The van der Waals surface area contributed by atoms with E-state index in [-0.39, 0.29) is 42.1 Å². The van der Waals surface area contributed by atoms with Gasteiger partial charge < -0.3 is 4.74 Å². The number of imide groups is 1. The molecule has 0 radical (unpaired) electrons. The molecule has 5 rings (SSSR count). The summed E-state index contributed by atoms with van der Waals surface area (Å²) in [6.07, 6.45) is 5.06. The molecule has 2 aromatic rings. The average Bonchev–Trinajstić information content (AvgIpc) is 3.41. The van der Waals surface area contributed by atoms with Gasteiger partial charge in [0, 0.05) is 0 Å². The lowest BCUT2D eigenvalue weighted by molar-refractivity contribution is -0.123. The van der Waals surface area contributed by atoms with Crippen LogP contribution in [-0.2, 0) is 20.9 Å². The summed E-state index contributed by atoms with van der Waals surface area (Å²) in [5.74, 6) is -0.755. The molecule has 2 fully saturated rings. The zero-order chi connectivity index (χ0) is 19.3. The topological polar surface area (TPSA) is 63.7 Å². The number of fused-ring (bicyclic) bond motifs is 5. The van der Waals surface area contributed by atoms with Crippen molar-refractivity contribution in [1.82, 2.24) is 0 Å². The van der Waals surface area contributed by atoms with Gasteiger partial charge in [-0.15, -0.1) is 0 Å². The molecule has 1 aliphatic heterocycles. The lowest BCUT2D eigenvalue weighted by atomic mass is 9.85. The van der Waals surface area contributed by atoms with E-state index in [9.17, 15) is 14.4 Å². The first-order valence-electron chi connectivity index (χ1n) is 9.51. The third-order valence-corrected chi connectivity index (χ3v) is 6.04. The molecule has 0 N–H and O–H groups in total. The molecule has 2 bridgehead atoms. The van der Waals surface area contributed by atoms with Gasteiger partial charge in [0.05, 0.1) is 23.1 Å². The quantitative estimate of drug-likeness (QED) is 0.468. The summed E-state index contributed by atoms with van der Waals surface area (Å²) in [6, 6.07) is 15.9. The SMILES string of the molecule is O=C(OCc1ccccc1)c1ccc(N2C(=O)[C@@H]3[C@@H](C2=O)[C@H]2C=C[C@@H]3C2)cc1. The Morgan fingerprint density at radius 2 is 1.50 bits per heavy atom. The van der Waals surface area contributed by atoms with Crippen LogP contribution in [-0.4, -0.2) is 17.8 Å². The Hall–Kier alpha value is -3.21. The van der Waals surface area contributed by atoms with Crippen LogP contribution in [0.15, 0.2) is 66.7 Å². The molecule has 2 aromatic carbocycles. The van der Waals surface area contributed by atoms with Crippen LogP contribution in [0, 0.1) is 23.7 Å². The number of ether oxygens (including phenoxy) is 1. The summed E-state index contributed by atoms with van der Waals surface area (Å²) < 4.78 is 5.32. The minimum absolute atomic E-state index is 0.119. The van der Waals surface area contributed by atoms with Crippen molar-refractivity contribution in [2.75, 3.05) is 4.90 Å². The summed E-state index contributed by atoms with van der Waals surface area (Å²) in [6.45, 7) is 0.198. The second kappa shape index (κ2) is 6.44. The van der Waals surface area contributed by atoms with E-state index >= 15 is 0 Å². The van der Waals surface area contributed by atoms with Crippen LogP contribution in [0.3, 0.4) is 0 Å². The van der Waals surface area contributed by atoms with Crippen molar-refractivity contribution in [3.63, 3.8) is 0 Å². The highest BCUT2D eigenvalue weighted by molar-refractivity contribution is 6.22. The summed E-state index contributed by atoms with van der Waals surface area (Å²) in [4.78, 5) is 39.2. The molecule has 2 aliphatic carbocycles. The van der Waals surface area contributed by atoms with Crippen molar-refractivity contribution in [2.45, 2.75) is 13.0 Å². The Balaban J connectivity index is 1.30. The highest BCUT2D eigenvalue weighted by atomic mass is 16.5. The van der Waals surface area contributed by atoms with Gasteiger partial charge in [0.15, 0.2) is 0 Å². The second-order valence-corrected chi connectivity index (χ2v) is 7.62. The van der Waals surface area contributed by atoms with E-state index in [0.717, 1.165) is 12.0 Å². The van der Waals surface area contributed by atoms with E-state index < -0.39 is 5.97 Å². The van der Waals surface area contributed by atoms with Gasteiger partial charge in [-0.3, -0.25) is 14.5 Å². The monoisotopic (exact) mass is 373 g/mol. The fraction of sp³-hybridized carbons (Fsp3) is 0.261. The normalized spacial score (nSPS) is 27.4. The Kier molecular flexibility index (Phi) is 3.90. The van der Waals surface area contributed by atoms with E-state index in [4.69, 9.17) is 4.74 Å². The maximum Gasteiger partial charge on any atom is 0.338 e. The molecule has 0 spiro atoms. The van der Waals surface area contributed by atoms with E-state index in [0.29, 0.717) is 11.3 Å². The minimum atomic E-state index is -0.436. The van der Waals surface area contributed by atoms with Crippen molar-refractivity contribution in [2.24, 2.45) is 23.7 Å². The number of benzene rings is 2. The van der Waals surface area contributed by atoms with Crippen LogP contribution in [0.5, 0.6) is 0 Å². The molecule has 28 heavy (non-hydrogen) atoms. The fourth-order valence-corrected chi connectivity index (χ4v) is 4.71. The molecule has 4 atom stereocenters. The van der Waals surface area contributed by atoms with E-state index in [1.165, 1.54) is 4.90 Å². The van der Waals surface area contributed by atoms with Crippen LogP contribution in [0.2, 0.25) is 0 Å². The number of hydrogen-bond donors (Lipinski definition) is 0. The Labute approximate surface area is 162 Å². The van der Waals surface area contributed by atoms with Crippen LogP contribution < -0.4 is 4.90 Å². The van der Waals surface area contributed by atoms with Crippen molar-refractivity contribution < 1.29 is 19.1 Å². The number of hydrogen-bond acceptors (Lipinski definition) is 4. The van der Waals surface area contributed by atoms with E-state index in [1.807, 2.05) is 30.3 Å². The predicted octanol–water partition coefficient (Wildman–Crippen LogP) is 3.36. The third kappa shape index (κ3) is 2.58. The van der Waals surface area contributed by atoms with Gasteiger partial charge in [-0.25, -0.2) is 4.79 Å². The van der Waals surface area contributed by atoms with Gasteiger partial charge in [-0.05, 0) is 48.1 Å². The minimum Gasteiger partial charge on any atom is -0.457 e. The van der Waals surface area contributed by atoms with Crippen LogP contribution in [0.1, 0.15) is 22.3 Å². The van der Waals surface area contributed by atoms with Gasteiger partial charge in [-0.1, -0.05) is 42.5 Å². The Morgan fingerprint density at radius 3 is 2.11 bits per heavy atom. The lowest BCUT2D eigenvalue weighted by Crippen LogP contribution is -2.32. The molecule has 5 heteroatoms. The molecule has 1 saturated carbocycles. The number of esters is 1. The van der Waals surface area contributed by atoms with Gasteiger partial charge >= 0.3 is 5.97 Å². The number of allylic oxidation sites excluding steroid dienone is 2. The van der Waals surface area contributed by atoms with E-state index in [2.05, 4.69) is 12.2 Å². The Bertz CT molecular complexity index is 949. The first-order valence-corrected chi connectivity index (χ1v) is 9.51. The Morgan fingerprint density at radius 1 is 0.893 bits per heavy atom. The summed E-state index contributed by atoms with van der Waals surface area (Å²) in [7, 11) is 0. The third-order valence-electron chi connectivity index (χ3n) is 6.04. The maximum atomic E-state index is 12.8. The van der Waals surface area contributed by atoms with Gasteiger partial charge in [0.2, 0.25) is 11.8 Å². The zero-order valence-electron chi connectivity index (χ0n) is 15.2. The van der Waals surface area contributed by atoms with Crippen molar-refractivity contribution in [3.05, 3.63) is 77.9 Å². The second-order valence-electron chi connectivity index (χ2n) is 7.62. The molecule has 0 unspecified atom stereocenters. The van der Waals surface area contributed by atoms with Crippen LogP contribution >= 0.6 is 0 Å². The maximum absolute atomic E-state index is 12.8. The molecular formula is C23H19NO4. The first-order chi connectivity index (χ1) is 13.6. The molecule has 1 saturated heterocycles. The molecule has 2 amide bonds. The summed E-state index contributed by atoms with van der Waals surface area (Å²) in [5.41, 5.74) is 1.82. The smallest absolute Gasteiger partial charge is 0.338 e. The van der Waals surface area contributed by atoms with Gasteiger partial charge in [-0.2, -0.15) is 0 Å². The highest BCUT2D eigenvalue weighted by Gasteiger charge is 2.59. The highest BCUT2D eigenvalue weighted by Crippen LogP contribution is 2.53. The predicted molar refractivity (Wildman–Crippen MR) is 102 cm³/mol. The van der Waals surface area contributed by atoms with Crippen molar-refractivity contribution in [3.8, 4) is 0 Å². The standard InChI is InChI=1S/C23H19NO4/c25-21-19-16-6-7-17(12-16)20(19)22(26)24(21)18-10-8-15(9-11-18)23(27)28-13-14-4-2-1-3-5-14/h1-11,16-17,19-20H,12-13H2/t16-,17+,19-,20-/m0/s1. The number of carbonyl (C=O) groups is 3. The average molecular weight is 373 g/mol. The van der Waals surface area contributed by atoms with Gasteiger partial charge in [0.1, 0.15) is 6.61 Å². The largest absolute Gasteiger partial charge is 0.457 e. The first kappa shape index (κ1) is 16.9. The number of amides is 2. The molecule has 0 aromatic heterocycles. The van der Waals surface area contributed by atoms with E-state index in [1.54, 1.807) is 24.3 Å². The number of rotatable bonds is 4.